The average molecular weight is 628 g/mol. The first-order chi connectivity index (χ1) is 21.2. The number of carbonyl (C=O) groups excluding carboxylic acids is 2. The van der Waals surface area contributed by atoms with E-state index in [0.717, 1.165) is 43.1 Å². The van der Waals surface area contributed by atoms with Crippen LogP contribution in [0.3, 0.4) is 0 Å². The van der Waals surface area contributed by atoms with Crippen LogP contribution in [0.1, 0.15) is 27.4 Å². The zero-order valence-electron chi connectivity index (χ0n) is 23.9. The van der Waals surface area contributed by atoms with Gasteiger partial charge in [-0.05, 0) is 67.2 Å². The first-order valence-electron chi connectivity index (χ1n) is 14.1. The summed E-state index contributed by atoms with van der Waals surface area (Å²) in [7, 11) is -1.84. The highest BCUT2D eigenvalue weighted by atomic mass is 35.5. The number of fused-ring (bicyclic) bond motifs is 1. The van der Waals surface area contributed by atoms with Crippen molar-refractivity contribution in [1.82, 2.24) is 4.90 Å². The van der Waals surface area contributed by atoms with Gasteiger partial charge in [0.05, 0.1) is 10.7 Å². The summed E-state index contributed by atoms with van der Waals surface area (Å²) < 4.78 is 28.2. The standard InChI is InChI=1S/C33H30ClN5O4S/c1-38-15-17-39(18-16-38)26-12-10-24(11-13-26)35-21-28-27-14-9-23(20-30(27)36-33(28)41)32(40)22-5-4-6-25(19-22)37-44(42,43)31-8-3-2-7-29(31)34/h2-14,19-21,28,37H,15-18H2,1H3,(H,36,41). The van der Waals surface area contributed by atoms with E-state index < -0.39 is 15.9 Å². The van der Waals surface area contributed by atoms with Crippen molar-refractivity contribution in [2.24, 2.45) is 4.99 Å². The molecule has 6 rings (SSSR count). The Hall–Kier alpha value is -4.51. The number of anilines is 3. The van der Waals surface area contributed by atoms with Gasteiger partial charge in [-0.25, -0.2) is 8.42 Å². The fourth-order valence-corrected chi connectivity index (χ4v) is 6.88. The predicted octanol–water partition coefficient (Wildman–Crippen LogP) is 5.56. The number of amides is 1. The first-order valence-corrected chi connectivity index (χ1v) is 16.0. The molecule has 4 aromatic rings. The van der Waals surface area contributed by atoms with E-state index in [1.54, 1.807) is 54.7 Å². The van der Waals surface area contributed by atoms with Gasteiger partial charge in [0, 0.05) is 60.6 Å². The summed E-state index contributed by atoms with van der Waals surface area (Å²) in [5, 5.41) is 2.95. The smallest absolute Gasteiger partial charge is 0.263 e. The van der Waals surface area contributed by atoms with E-state index in [4.69, 9.17) is 11.6 Å². The lowest BCUT2D eigenvalue weighted by Crippen LogP contribution is -2.44. The van der Waals surface area contributed by atoms with Crippen molar-refractivity contribution in [2.45, 2.75) is 10.8 Å². The largest absolute Gasteiger partial charge is 0.369 e. The van der Waals surface area contributed by atoms with Crippen molar-refractivity contribution in [3.05, 3.63) is 113 Å². The van der Waals surface area contributed by atoms with Gasteiger partial charge < -0.3 is 15.1 Å². The van der Waals surface area contributed by atoms with E-state index in [9.17, 15) is 18.0 Å². The molecule has 2 heterocycles. The fraction of sp³-hybridized carbons (Fsp3) is 0.182. The second-order valence-corrected chi connectivity index (χ2v) is 12.9. The van der Waals surface area contributed by atoms with Gasteiger partial charge in [0.1, 0.15) is 10.8 Å². The lowest BCUT2D eigenvalue weighted by atomic mass is 9.97. The number of piperazine rings is 1. The molecule has 0 spiro atoms. The number of rotatable bonds is 8. The molecule has 1 saturated heterocycles. The van der Waals surface area contributed by atoms with Crippen LogP contribution in [0.5, 0.6) is 0 Å². The number of nitrogens with zero attached hydrogens (tertiary/aromatic N) is 3. The van der Waals surface area contributed by atoms with Crippen molar-refractivity contribution >= 4 is 62.3 Å². The predicted molar refractivity (Wildman–Crippen MR) is 174 cm³/mol. The van der Waals surface area contributed by atoms with Gasteiger partial charge in [-0.15, -0.1) is 0 Å². The number of hydrogen-bond acceptors (Lipinski definition) is 7. The molecule has 2 aliphatic rings. The Kier molecular flexibility index (Phi) is 8.22. The maximum absolute atomic E-state index is 13.4. The number of halogens is 1. The van der Waals surface area contributed by atoms with Crippen LogP contribution in [0.25, 0.3) is 0 Å². The Morgan fingerprint density at radius 2 is 1.66 bits per heavy atom. The third-order valence-corrected chi connectivity index (χ3v) is 9.67. The number of likely N-dealkylation sites (N-methyl/N-ethyl adjacent to an activating group) is 1. The van der Waals surface area contributed by atoms with Gasteiger partial charge in [-0.3, -0.25) is 19.3 Å². The van der Waals surface area contributed by atoms with Gasteiger partial charge >= 0.3 is 0 Å². The van der Waals surface area contributed by atoms with Crippen molar-refractivity contribution in [1.29, 1.82) is 0 Å². The van der Waals surface area contributed by atoms with Crippen LogP contribution in [0.15, 0.2) is 101 Å². The molecule has 1 fully saturated rings. The molecule has 9 nitrogen and oxygen atoms in total. The number of sulfonamides is 1. The average Bonchev–Trinajstić information content (AvgIpc) is 3.34. The van der Waals surface area contributed by atoms with Crippen molar-refractivity contribution < 1.29 is 18.0 Å². The molecular formula is C33H30ClN5O4S. The molecule has 44 heavy (non-hydrogen) atoms. The van der Waals surface area contributed by atoms with Crippen molar-refractivity contribution in [3.8, 4) is 0 Å². The van der Waals surface area contributed by atoms with E-state index in [1.807, 2.05) is 12.1 Å². The Morgan fingerprint density at radius 3 is 2.41 bits per heavy atom. The second kappa shape index (κ2) is 12.2. The molecule has 1 amide bonds. The molecule has 0 radical (unpaired) electrons. The summed E-state index contributed by atoms with van der Waals surface area (Å²) in [4.78, 5) is 35.4. The Balaban J connectivity index is 1.15. The highest BCUT2D eigenvalue weighted by molar-refractivity contribution is 7.92. The summed E-state index contributed by atoms with van der Waals surface area (Å²) in [6.45, 7) is 4.02. The molecule has 1 unspecified atom stereocenters. The molecule has 224 valence electrons. The summed E-state index contributed by atoms with van der Waals surface area (Å²) in [5.41, 5.74) is 4.03. The molecule has 11 heteroatoms. The highest BCUT2D eigenvalue weighted by Gasteiger charge is 2.30. The summed E-state index contributed by atoms with van der Waals surface area (Å²) in [6, 6.07) is 25.4. The molecule has 2 aliphatic heterocycles. The molecule has 0 saturated carbocycles. The van der Waals surface area contributed by atoms with Gasteiger partial charge in [0.2, 0.25) is 5.91 Å². The zero-order chi connectivity index (χ0) is 30.8. The Morgan fingerprint density at radius 1 is 0.932 bits per heavy atom. The Bertz CT molecular complexity index is 1870. The molecule has 0 aromatic heterocycles. The van der Waals surface area contributed by atoms with Crippen LogP contribution in [-0.4, -0.2) is 64.4 Å². The number of hydrogen-bond donors (Lipinski definition) is 2. The summed E-state index contributed by atoms with van der Waals surface area (Å²) in [6.07, 6.45) is 1.63. The Labute approximate surface area is 261 Å². The van der Waals surface area contributed by atoms with Gasteiger partial charge in [0.25, 0.3) is 10.0 Å². The lowest BCUT2D eigenvalue weighted by molar-refractivity contribution is -0.115. The van der Waals surface area contributed by atoms with Gasteiger partial charge in [0.15, 0.2) is 5.78 Å². The maximum atomic E-state index is 13.4. The SMILES string of the molecule is CN1CCN(c2ccc(N=CC3C(=O)Nc4cc(C(=O)c5cccc(NS(=O)(=O)c6ccccc6Cl)c5)ccc43)cc2)CC1. The minimum Gasteiger partial charge on any atom is -0.369 e. The number of nitrogens with one attached hydrogen (secondary N) is 2. The lowest BCUT2D eigenvalue weighted by Gasteiger charge is -2.34. The highest BCUT2D eigenvalue weighted by Crippen LogP contribution is 2.34. The van der Waals surface area contributed by atoms with E-state index in [1.165, 1.54) is 18.2 Å². The van der Waals surface area contributed by atoms with Crippen LogP contribution in [0, 0.1) is 0 Å². The van der Waals surface area contributed by atoms with Crippen molar-refractivity contribution in [3.63, 3.8) is 0 Å². The molecule has 4 aromatic carbocycles. The van der Waals surface area contributed by atoms with Crippen LogP contribution in [-0.2, 0) is 14.8 Å². The second-order valence-electron chi connectivity index (χ2n) is 10.8. The van der Waals surface area contributed by atoms with Crippen LogP contribution >= 0.6 is 11.6 Å². The first kappa shape index (κ1) is 29.6. The van der Waals surface area contributed by atoms with Crippen LogP contribution in [0.2, 0.25) is 5.02 Å². The minimum absolute atomic E-state index is 0.0616. The quantitative estimate of drug-likeness (QED) is 0.195. The van der Waals surface area contributed by atoms with E-state index >= 15 is 0 Å². The van der Waals surface area contributed by atoms with E-state index in [0.29, 0.717) is 11.3 Å². The monoisotopic (exact) mass is 627 g/mol. The molecule has 0 aliphatic carbocycles. The fourth-order valence-electron chi connectivity index (χ4n) is 5.31. The normalized spacial score (nSPS) is 17.0. The van der Waals surface area contributed by atoms with Gasteiger partial charge in [-0.1, -0.05) is 48.0 Å². The molecular weight excluding hydrogens is 598 g/mol. The minimum atomic E-state index is -3.96. The van der Waals surface area contributed by atoms with Gasteiger partial charge in [-0.2, -0.15) is 0 Å². The zero-order valence-corrected chi connectivity index (χ0v) is 25.5. The topological polar surface area (TPSA) is 111 Å². The molecule has 1 atom stereocenters. The van der Waals surface area contributed by atoms with Crippen LogP contribution < -0.4 is 14.9 Å². The third-order valence-electron chi connectivity index (χ3n) is 7.78. The number of aliphatic imine (C=N–C) groups is 1. The van der Waals surface area contributed by atoms with E-state index in [2.05, 4.69) is 44.0 Å². The molecule has 0 bridgehead atoms. The summed E-state index contributed by atoms with van der Waals surface area (Å²) >= 11 is 6.08. The third kappa shape index (κ3) is 6.23. The number of carbonyl (C=O) groups is 2. The van der Waals surface area contributed by atoms with Crippen molar-refractivity contribution in [2.75, 3.05) is 48.2 Å². The van der Waals surface area contributed by atoms with E-state index in [-0.39, 0.29) is 32.9 Å². The van der Waals surface area contributed by atoms with Crippen LogP contribution in [0.4, 0.5) is 22.7 Å². The summed E-state index contributed by atoms with van der Waals surface area (Å²) in [5.74, 6) is -1.13. The molecule has 2 N–H and O–H groups in total. The number of ketones is 1. The number of benzene rings is 4. The maximum Gasteiger partial charge on any atom is 0.263 e.